The first kappa shape index (κ1) is 15.0. The number of anilines is 1. The zero-order chi connectivity index (χ0) is 14.2. The third kappa shape index (κ3) is 4.92. The number of ether oxygens (including phenoxy) is 1. The van der Waals surface area contributed by atoms with E-state index in [4.69, 9.17) is 4.74 Å². The van der Waals surface area contributed by atoms with Gasteiger partial charge in [0.1, 0.15) is 6.61 Å². The molecule has 7 heteroatoms. The number of aromatic nitrogens is 2. The highest BCUT2D eigenvalue weighted by Gasteiger charge is 2.08. The summed E-state index contributed by atoms with van der Waals surface area (Å²) in [6, 6.07) is 10.3. The van der Waals surface area contributed by atoms with Gasteiger partial charge in [-0.25, -0.2) is 0 Å². The summed E-state index contributed by atoms with van der Waals surface area (Å²) >= 11 is 3.01. The topological polar surface area (TPSA) is 64.1 Å². The third-order valence-corrected chi connectivity index (χ3v) is 4.36. The summed E-state index contributed by atoms with van der Waals surface area (Å²) in [5.41, 5.74) is 1.30. The third-order valence-electron chi connectivity index (χ3n) is 2.39. The number of benzene rings is 1. The van der Waals surface area contributed by atoms with Crippen LogP contribution in [0.5, 0.6) is 0 Å². The summed E-state index contributed by atoms with van der Waals surface area (Å²) in [5.74, 6) is 0.717. The average molecular weight is 309 g/mol. The number of nitrogens with one attached hydrogen (secondary N) is 1. The zero-order valence-electron chi connectivity index (χ0n) is 11.0. The smallest absolute Gasteiger partial charge is 0.252 e. The Bertz CT molecular complexity index is 546. The Balaban J connectivity index is 1.77. The van der Waals surface area contributed by atoms with Crippen LogP contribution in [-0.4, -0.2) is 35.6 Å². The van der Waals surface area contributed by atoms with Crippen LogP contribution >= 0.6 is 23.1 Å². The van der Waals surface area contributed by atoms with Crippen LogP contribution in [0.15, 0.2) is 34.7 Å². The fourth-order valence-electron chi connectivity index (χ4n) is 1.51. The van der Waals surface area contributed by atoms with Crippen molar-refractivity contribution >= 4 is 34.1 Å². The van der Waals surface area contributed by atoms with Crippen molar-refractivity contribution in [3.05, 3.63) is 35.9 Å². The number of nitrogens with zero attached hydrogens (tertiary/aromatic N) is 2. The van der Waals surface area contributed by atoms with E-state index < -0.39 is 0 Å². The van der Waals surface area contributed by atoms with Crippen LogP contribution in [0.3, 0.4) is 0 Å². The van der Waals surface area contributed by atoms with Gasteiger partial charge in [-0.15, -0.1) is 10.2 Å². The Labute approximate surface area is 125 Å². The fraction of sp³-hybridized carbons (Fsp3) is 0.308. The van der Waals surface area contributed by atoms with Crippen LogP contribution in [-0.2, 0) is 16.0 Å². The van der Waals surface area contributed by atoms with E-state index in [1.807, 2.05) is 18.2 Å². The summed E-state index contributed by atoms with van der Waals surface area (Å²) in [6.07, 6.45) is 0.983. The second-order valence-corrected chi connectivity index (χ2v) is 6.26. The van der Waals surface area contributed by atoms with Crippen LogP contribution in [0.2, 0.25) is 0 Å². The monoisotopic (exact) mass is 309 g/mol. The summed E-state index contributed by atoms with van der Waals surface area (Å²) < 4.78 is 5.59. The van der Waals surface area contributed by atoms with Gasteiger partial charge in [0.15, 0.2) is 4.34 Å². The number of rotatable bonds is 7. The number of thioether (sulfide) groups is 1. The first-order valence-corrected chi connectivity index (χ1v) is 7.87. The highest BCUT2D eigenvalue weighted by atomic mass is 32.2. The van der Waals surface area contributed by atoms with E-state index in [0.717, 1.165) is 16.5 Å². The molecule has 0 spiro atoms. The van der Waals surface area contributed by atoms with Gasteiger partial charge in [0.2, 0.25) is 5.13 Å². The van der Waals surface area contributed by atoms with Crippen LogP contribution < -0.4 is 5.32 Å². The second kappa shape index (κ2) is 7.98. The summed E-state index contributed by atoms with van der Waals surface area (Å²) in [4.78, 5) is 11.3. The van der Waals surface area contributed by atoms with Crippen LogP contribution in [0, 0.1) is 0 Å². The van der Waals surface area contributed by atoms with Gasteiger partial charge in [-0.3, -0.25) is 10.1 Å². The second-order valence-electron chi connectivity index (χ2n) is 3.94. The quantitative estimate of drug-likeness (QED) is 0.629. The number of carbonyl (C=O) groups is 1. The number of methoxy groups -OCH3 is 1. The van der Waals surface area contributed by atoms with Crippen LogP contribution in [0.25, 0.3) is 0 Å². The highest BCUT2D eigenvalue weighted by Crippen LogP contribution is 2.25. The molecule has 0 unspecified atom stereocenters. The SMILES string of the molecule is COCC(=O)Nc1nnc(SCCc2ccccc2)s1. The minimum atomic E-state index is -0.218. The molecule has 2 aromatic rings. The Morgan fingerprint density at radius 1 is 1.35 bits per heavy atom. The minimum Gasteiger partial charge on any atom is -0.375 e. The molecule has 1 aromatic carbocycles. The molecule has 0 bridgehead atoms. The van der Waals surface area contributed by atoms with E-state index >= 15 is 0 Å². The molecular weight excluding hydrogens is 294 g/mol. The van der Waals surface area contributed by atoms with Gasteiger partial charge in [-0.05, 0) is 12.0 Å². The number of hydrogen-bond acceptors (Lipinski definition) is 6. The van der Waals surface area contributed by atoms with Crippen molar-refractivity contribution in [1.82, 2.24) is 10.2 Å². The molecule has 1 amide bonds. The predicted molar refractivity (Wildman–Crippen MR) is 81.3 cm³/mol. The Morgan fingerprint density at radius 2 is 2.15 bits per heavy atom. The standard InChI is InChI=1S/C13H15N3O2S2/c1-18-9-11(17)14-12-15-16-13(20-12)19-8-7-10-5-3-2-4-6-10/h2-6H,7-9H2,1H3,(H,14,15,17). The molecule has 1 aromatic heterocycles. The van der Waals surface area contributed by atoms with Gasteiger partial charge in [0, 0.05) is 12.9 Å². The van der Waals surface area contributed by atoms with Crippen molar-refractivity contribution in [2.45, 2.75) is 10.8 Å². The molecular formula is C13H15N3O2S2. The molecule has 0 atom stereocenters. The molecule has 5 nitrogen and oxygen atoms in total. The van der Waals surface area contributed by atoms with Crippen molar-refractivity contribution < 1.29 is 9.53 Å². The average Bonchev–Trinajstić information content (AvgIpc) is 2.88. The first-order chi connectivity index (χ1) is 9.78. The van der Waals surface area contributed by atoms with E-state index in [1.165, 1.54) is 24.0 Å². The normalized spacial score (nSPS) is 10.4. The van der Waals surface area contributed by atoms with E-state index in [1.54, 1.807) is 11.8 Å². The molecule has 0 aliphatic carbocycles. The number of hydrogen-bond donors (Lipinski definition) is 1. The molecule has 106 valence electrons. The van der Waals surface area contributed by atoms with Crippen molar-refractivity contribution in [2.24, 2.45) is 0 Å². The molecule has 0 saturated carbocycles. The van der Waals surface area contributed by atoms with Crippen molar-refractivity contribution in [3.63, 3.8) is 0 Å². The van der Waals surface area contributed by atoms with E-state index in [2.05, 4.69) is 27.6 Å². The van der Waals surface area contributed by atoms with Gasteiger partial charge < -0.3 is 4.74 Å². The van der Waals surface area contributed by atoms with Crippen molar-refractivity contribution in [1.29, 1.82) is 0 Å². The van der Waals surface area contributed by atoms with E-state index in [9.17, 15) is 4.79 Å². The molecule has 1 heterocycles. The lowest BCUT2D eigenvalue weighted by Crippen LogP contribution is -2.16. The lowest BCUT2D eigenvalue weighted by atomic mass is 10.2. The molecule has 0 radical (unpaired) electrons. The Morgan fingerprint density at radius 3 is 2.90 bits per heavy atom. The maximum absolute atomic E-state index is 11.3. The number of carbonyl (C=O) groups excluding carboxylic acids is 1. The predicted octanol–water partition coefficient (Wildman–Crippen LogP) is 2.46. The highest BCUT2D eigenvalue weighted by molar-refractivity contribution is 8.01. The van der Waals surface area contributed by atoms with E-state index in [-0.39, 0.29) is 12.5 Å². The minimum absolute atomic E-state index is 0.0239. The summed E-state index contributed by atoms with van der Waals surface area (Å²) in [6.45, 7) is 0.0239. The van der Waals surface area contributed by atoms with Crippen molar-refractivity contribution in [3.8, 4) is 0 Å². The van der Waals surface area contributed by atoms with E-state index in [0.29, 0.717) is 5.13 Å². The van der Waals surface area contributed by atoms with Crippen LogP contribution in [0.1, 0.15) is 5.56 Å². The summed E-state index contributed by atoms with van der Waals surface area (Å²) in [5, 5.41) is 11.1. The Hall–Kier alpha value is -1.44. The molecule has 0 aliphatic rings. The maximum atomic E-state index is 11.3. The van der Waals surface area contributed by atoms with Gasteiger partial charge in [-0.2, -0.15) is 0 Å². The lowest BCUT2D eigenvalue weighted by Gasteiger charge is -1.99. The molecule has 0 aliphatic heterocycles. The van der Waals surface area contributed by atoms with Gasteiger partial charge in [0.05, 0.1) is 0 Å². The molecule has 20 heavy (non-hydrogen) atoms. The maximum Gasteiger partial charge on any atom is 0.252 e. The van der Waals surface area contributed by atoms with Gasteiger partial charge in [-0.1, -0.05) is 53.4 Å². The van der Waals surface area contributed by atoms with Gasteiger partial charge >= 0.3 is 0 Å². The first-order valence-electron chi connectivity index (χ1n) is 6.07. The lowest BCUT2D eigenvalue weighted by molar-refractivity contribution is -0.119. The molecule has 0 fully saturated rings. The fourth-order valence-corrected chi connectivity index (χ4v) is 3.33. The Kier molecular flexibility index (Phi) is 5.97. The van der Waals surface area contributed by atoms with Crippen LogP contribution in [0.4, 0.5) is 5.13 Å². The molecule has 1 N–H and O–H groups in total. The molecule has 0 saturated heterocycles. The number of amides is 1. The molecule has 2 rings (SSSR count). The largest absolute Gasteiger partial charge is 0.375 e. The van der Waals surface area contributed by atoms with Crippen molar-refractivity contribution in [2.75, 3.05) is 24.8 Å². The zero-order valence-corrected chi connectivity index (χ0v) is 12.7. The number of aryl methyl sites for hydroxylation is 1. The van der Waals surface area contributed by atoms with Gasteiger partial charge in [0.25, 0.3) is 5.91 Å². The summed E-state index contributed by atoms with van der Waals surface area (Å²) in [7, 11) is 1.48.